The lowest BCUT2D eigenvalue weighted by Crippen LogP contribution is -2.41. The zero-order valence-electron chi connectivity index (χ0n) is 13.2. The summed E-state index contributed by atoms with van der Waals surface area (Å²) in [5, 5.41) is 11.4. The number of hydrogen-bond acceptors (Lipinski definition) is 3. The Kier molecular flexibility index (Phi) is 3.78. The molecule has 5 heteroatoms. The number of rotatable bonds is 3. The highest BCUT2D eigenvalue weighted by Gasteiger charge is 2.36. The van der Waals surface area contributed by atoms with E-state index in [2.05, 4.69) is 9.97 Å². The van der Waals surface area contributed by atoms with Crippen molar-refractivity contribution >= 4 is 16.8 Å². The summed E-state index contributed by atoms with van der Waals surface area (Å²) in [6, 6.07) is 11.3. The number of benzene rings is 1. The Morgan fingerprint density at radius 1 is 1.33 bits per heavy atom. The fourth-order valence-corrected chi connectivity index (χ4v) is 3.45. The van der Waals surface area contributed by atoms with Gasteiger partial charge in [-0.1, -0.05) is 6.07 Å². The number of carbonyl (C=O) groups excluding carboxylic acids is 1. The van der Waals surface area contributed by atoms with Crippen molar-refractivity contribution in [2.75, 3.05) is 6.54 Å². The van der Waals surface area contributed by atoms with Crippen LogP contribution in [0.1, 0.15) is 22.3 Å². The van der Waals surface area contributed by atoms with Crippen molar-refractivity contribution in [1.29, 1.82) is 0 Å². The van der Waals surface area contributed by atoms with Crippen LogP contribution in [0.5, 0.6) is 0 Å². The molecule has 5 nitrogen and oxygen atoms in total. The number of fused-ring (bicyclic) bond motifs is 1. The van der Waals surface area contributed by atoms with Crippen molar-refractivity contribution in [2.24, 2.45) is 0 Å². The topological polar surface area (TPSA) is 69.2 Å². The number of aromatic amines is 1. The van der Waals surface area contributed by atoms with Gasteiger partial charge in [-0.05, 0) is 48.7 Å². The third-order valence-electron chi connectivity index (χ3n) is 4.74. The van der Waals surface area contributed by atoms with Crippen LogP contribution in [0.2, 0.25) is 0 Å². The van der Waals surface area contributed by atoms with E-state index >= 15 is 0 Å². The number of H-pyrrole nitrogens is 1. The van der Waals surface area contributed by atoms with E-state index in [4.69, 9.17) is 0 Å². The predicted octanol–water partition coefficient (Wildman–Crippen LogP) is 2.38. The van der Waals surface area contributed by atoms with Crippen LogP contribution >= 0.6 is 0 Å². The Labute approximate surface area is 139 Å². The highest BCUT2D eigenvalue weighted by Crippen LogP contribution is 2.25. The van der Waals surface area contributed by atoms with Gasteiger partial charge in [-0.3, -0.25) is 9.78 Å². The molecule has 1 aliphatic rings. The first kappa shape index (κ1) is 14.9. The van der Waals surface area contributed by atoms with Gasteiger partial charge in [-0.25, -0.2) is 0 Å². The Morgan fingerprint density at radius 2 is 2.25 bits per heavy atom. The molecule has 2 N–H and O–H groups in total. The molecule has 3 aromatic rings. The van der Waals surface area contributed by atoms with Gasteiger partial charge in [0.15, 0.2) is 0 Å². The lowest BCUT2D eigenvalue weighted by Gasteiger charge is -2.26. The molecule has 4 rings (SSSR count). The molecule has 0 radical (unpaired) electrons. The summed E-state index contributed by atoms with van der Waals surface area (Å²) in [5.74, 6) is -0.0245. The Morgan fingerprint density at radius 3 is 3.08 bits per heavy atom. The van der Waals surface area contributed by atoms with Gasteiger partial charge >= 0.3 is 0 Å². The van der Waals surface area contributed by atoms with E-state index in [0.29, 0.717) is 24.9 Å². The molecule has 1 amide bonds. The van der Waals surface area contributed by atoms with Gasteiger partial charge in [0.05, 0.1) is 12.1 Å². The Bertz CT molecular complexity index is 859. The molecular formula is C19H19N3O2. The van der Waals surface area contributed by atoms with Gasteiger partial charge in [0, 0.05) is 41.6 Å². The Hall–Kier alpha value is -2.66. The molecule has 0 bridgehead atoms. The highest BCUT2D eigenvalue weighted by molar-refractivity contribution is 5.98. The second kappa shape index (κ2) is 6.09. The number of amides is 1. The van der Waals surface area contributed by atoms with Crippen LogP contribution in [-0.2, 0) is 6.42 Å². The number of likely N-dealkylation sites (tertiary alicyclic amines) is 1. The first-order valence-electron chi connectivity index (χ1n) is 8.17. The molecule has 2 atom stereocenters. The van der Waals surface area contributed by atoms with Gasteiger partial charge in [0.1, 0.15) is 0 Å². The van der Waals surface area contributed by atoms with Gasteiger partial charge in [-0.2, -0.15) is 0 Å². The maximum Gasteiger partial charge on any atom is 0.254 e. The number of aliphatic hydroxyl groups excluding tert-OH is 1. The maximum absolute atomic E-state index is 12.9. The number of hydrogen-bond donors (Lipinski definition) is 2. The van der Waals surface area contributed by atoms with Crippen molar-refractivity contribution < 1.29 is 9.90 Å². The van der Waals surface area contributed by atoms with Crippen LogP contribution in [-0.4, -0.2) is 44.6 Å². The fraction of sp³-hybridized carbons (Fsp3) is 0.263. The van der Waals surface area contributed by atoms with Crippen LogP contribution < -0.4 is 0 Å². The molecule has 0 unspecified atom stereocenters. The average Bonchev–Trinajstić information content (AvgIpc) is 3.22. The molecule has 1 saturated heterocycles. The van der Waals surface area contributed by atoms with E-state index in [1.54, 1.807) is 17.3 Å². The summed E-state index contributed by atoms with van der Waals surface area (Å²) in [6.45, 7) is 0.579. The van der Waals surface area contributed by atoms with Crippen LogP contribution in [0.4, 0.5) is 0 Å². The summed E-state index contributed by atoms with van der Waals surface area (Å²) < 4.78 is 0. The molecule has 0 spiro atoms. The molecule has 0 saturated carbocycles. The maximum atomic E-state index is 12.9. The minimum Gasteiger partial charge on any atom is -0.391 e. The van der Waals surface area contributed by atoms with Crippen LogP contribution in [0.3, 0.4) is 0 Å². The lowest BCUT2D eigenvalue weighted by atomic mass is 10.0. The van der Waals surface area contributed by atoms with Crippen LogP contribution in [0.15, 0.2) is 55.0 Å². The highest BCUT2D eigenvalue weighted by atomic mass is 16.3. The van der Waals surface area contributed by atoms with Crippen molar-refractivity contribution in [3.05, 3.63) is 66.1 Å². The molecule has 24 heavy (non-hydrogen) atoms. The van der Waals surface area contributed by atoms with Crippen molar-refractivity contribution in [1.82, 2.24) is 14.9 Å². The number of pyridine rings is 1. The molecule has 1 aliphatic heterocycles. The van der Waals surface area contributed by atoms with Crippen molar-refractivity contribution in [3.63, 3.8) is 0 Å². The number of aliphatic hydroxyl groups is 1. The zero-order valence-corrected chi connectivity index (χ0v) is 13.2. The Balaban J connectivity index is 1.59. The molecule has 0 aliphatic carbocycles. The molecule has 1 aromatic carbocycles. The molecule has 1 fully saturated rings. The average molecular weight is 321 g/mol. The molecule has 3 heterocycles. The minimum atomic E-state index is -0.495. The third kappa shape index (κ3) is 2.67. The van der Waals surface area contributed by atoms with E-state index < -0.39 is 6.10 Å². The SMILES string of the molecule is O=C(c1ccc2[nH]ccc2c1)N1CC[C@@H](O)[C@@H]1Cc1cccnc1. The molecule has 2 aromatic heterocycles. The van der Waals surface area contributed by atoms with E-state index in [9.17, 15) is 9.90 Å². The summed E-state index contributed by atoms with van der Waals surface area (Å²) in [5.41, 5.74) is 2.70. The number of aromatic nitrogens is 2. The number of nitrogens with zero attached hydrogens (tertiary/aromatic N) is 2. The smallest absolute Gasteiger partial charge is 0.254 e. The number of nitrogens with one attached hydrogen (secondary N) is 1. The van der Waals surface area contributed by atoms with Crippen molar-refractivity contribution in [3.8, 4) is 0 Å². The fourth-order valence-electron chi connectivity index (χ4n) is 3.45. The van der Waals surface area contributed by atoms with E-state index in [0.717, 1.165) is 16.5 Å². The minimum absolute atomic E-state index is 0.0245. The zero-order chi connectivity index (χ0) is 16.5. The van der Waals surface area contributed by atoms with Crippen molar-refractivity contribution in [2.45, 2.75) is 25.0 Å². The second-order valence-corrected chi connectivity index (χ2v) is 6.27. The van der Waals surface area contributed by atoms with Gasteiger partial charge in [-0.15, -0.1) is 0 Å². The molecular weight excluding hydrogens is 302 g/mol. The van der Waals surface area contributed by atoms with Crippen LogP contribution in [0, 0.1) is 0 Å². The molecule has 122 valence electrons. The van der Waals surface area contributed by atoms with Crippen LogP contribution in [0.25, 0.3) is 10.9 Å². The largest absolute Gasteiger partial charge is 0.391 e. The van der Waals surface area contributed by atoms with Gasteiger partial charge < -0.3 is 15.0 Å². The number of carbonyl (C=O) groups is 1. The summed E-state index contributed by atoms with van der Waals surface area (Å²) >= 11 is 0. The van der Waals surface area contributed by atoms with E-state index in [-0.39, 0.29) is 11.9 Å². The summed E-state index contributed by atoms with van der Waals surface area (Å²) in [4.78, 5) is 22.0. The first-order chi connectivity index (χ1) is 11.7. The normalized spacial score (nSPS) is 20.6. The summed E-state index contributed by atoms with van der Waals surface area (Å²) in [7, 11) is 0. The van der Waals surface area contributed by atoms with E-state index in [1.165, 1.54) is 0 Å². The monoisotopic (exact) mass is 321 g/mol. The predicted molar refractivity (Wildman–Crippen MR) is 91.7 cm³/mol. The first-order valence-corrected chi connectivity index (χ1v) is 8.17. The van der Waals surface area contributed by atoms with E-state index in [1.807, 2.05) is 42.6 Å². The third-order valence-corrected chi connectivity index (χ3v) is 4.74. The van der Waals surface area contributed by atoms with Gasteiger partial charge in [0.2, 0.25) is 0 Å². The standard InChI is InChI=1S/C19H19N3O2/c23-18-6-9-22(17(18)10-13-2-1-7-20-12-13)19(24)15-3-4-16-14(11-15)5-8-21-16/h1-5,7-8,11-12,17-18,21,23H,6,9-10H2/t17-,18+/m0/s1. The lowest BCUT2D eigenvalue weighted by molar-refractivity contribution is 0.0640. The quantitative estimate of drug-likeness (QED) is 0.778. The van der Waals surface area contributed by atoms with Gasteiger partial charge in [0.25, 0.3) is 5.91 Å². The second-order valence-electron chi connectivity index (χ2n) is 6.27. The summed E-state index contributed by atoms with van der Waals surface area (Å²) in [6.07, 6.45) is 6.12.